The van der Waals surface area contributed by atoms with Crippen molar-refractivity contribution in [2.24, 2.45) is 5.92 Å². The summed E-state index contributed by atoms with van der Waals surface area (Å²) in [6, 6.07) is 18.5. The van der Waals surface area contributed by atoms with E-state index in [0.717, 1.165) is 11.6 Å². The van der Waals surface area contributed by atoms with Gasteiger partial charge < -0.3 is 0 Å². The van der Waals surface area contributed by atoms with Crippen molar-refractivity contribution in [2.75, 3.05) is 0 Å². The molecule has 3 nitrogen and oxygen atoms in total. The van der Waals surface area contributed by atoms with E-state index in [2.05, 4.69) is 98.1 Å². The van der Waals surface area contributed by atoms with Crippen molar-refractivity contribution in [3.05, 3.63) is 108 Å². The van der Waals surface area contributed by atoms with Gasteiger partial charge in [-0.05, 0) is 97.9 Å². The summed E-state index contributed by atoms with van der Waals surface area (Å²) >= 11 is 0. The van der Waals surface area contributed by atoms with Crippen molar-refractivity contribution in [1.82, 2.24) is 15.0 Å². The zero-order valence-electron chi connectivity index (χ0n) is 27.1. The SMILES string of the molecule is C1=C(c2ccccn2)C(C2CC2)=CCC1.CCCCCC(C)(C)c1ccccn1.CCCCCC(C)c1ccccn1. The fourth-order valence-electron chi connectivity index (χ4n) is 5.47. The molecular formula is C39H55N3. The Morgan fingerprint density at radius 2 is 1.38 bits per heavy atom. The van der Waals surface area contributed by atoms with Crippen molar-refractivity contribution >= 4 is 5.57 Å². The molecule has 5 rings (SSSR count). The average Bonchev–Trinajstić information content (AvgIpc) is 3.89. The summed E-state index contributed by atoms with van der Waals surface area (Å²) in [7, 11) is 0. The van der Waals surface area contributed by atoms with E-state index >= 15 is 0 Å². The van der Waals surface area contributed by atoms with Crippen molar-refractivity contribution in [1.29, 1.82) is 0 Å². The Hall–Kier alpha value is -3.07. The molecule has 0 bridgehead atoms. The predicted molar refractivity (Wildman–Crippen MR) is 180 cm³/mol. The number of hydrogen-bond acceptors (Lipinski definition) is 3. The lowest BCUT2D eigenvalue weighted by atomic mass is 9.83. The molecule has 0 aromatic carbocycles. The smallest absolute Gasteiger partial charge is 0.0701 e. The molecule has 3 aromatic heterocycles. The van der Waals surface area contributed by atoms with Gasteiger partial charge in [0.25, 0.3) is 0 Å². The van der Waals surface area contributed by atoms with E-state index in [-0.39, 0.29) is 5.41 Å². The zero-order chi connectivity index (χ0) is 30.0. The number of unbranched alkanes of at least 4 members (excludes halogenated alkanes) is 4. The van der Waals surface area contributed by atoms with Gasteiger partial charge in [-0.15, -0.1) is 0 Å². The van der Waals surface area contributed by atoms with Crippen LogP contribution < -0.4 is 0 Å². The summed E-state index contributed by atoms with van der Waals surface area (Å²) in [4.78, 5) is 13.2. The lowest BCUT2D eigenvalue weighted by molar-refractivity contribution is 0.439. The highest BCUT2D eigenvalue weighted by atomic mass is 14.7. The standard InChI is InChI=1S/C14H15N.C13H21N.C12H19N/c1-2-6-13(12(5-1)11-8-9-11)14-7-3-4-10-15-14;1-4-5-7-10-13(2,3)12-9-6-8-11-14-12;1-3-4-5-8-11(2)12-9-6-7-10-13-12/h3-7,10-11H,1-2,8-9H2;6,8-9,11H,4-5,7,10H2,1-3H3;6-7,9-11H,3-5,8H2,1-2H3. The number of allylic oxidation sites excluding steroid dienone is 4. The predicted octanol–water partition coefficient (Wildman–Crippen LogP) is 11.3. The third kappa shape index (κ3) is 11.7. The number of nitrogens with zero attached hydrogens (tertiary/aromatic N) is 3. The van der Waals surface area contributed by atoms with E-state index in [1.54, 1.807) is 5.57 Å². The molecule has 0 aliphatic heterocycles. The normalized spacial score (nSPS) is 15.3. The molecular weight excluding hydrogens is 510 g/mol. The Balaban J connectivity index is 0.000000174. The average molecular weight is 566 g/mol. The Kier molecular flexibility index (Phi) is 14.7. The van der Waals surface area contributed by atoms with E-state index < -0.39 is 0 Å². The largest absolute Gasteiger partial charge is 0.261 e. The molecule has 0 spiro atoms. The molecule has 1 fully saturated rings. The van der Waals surface area contributed by atoms with Crippen molar-refractivity contribution in [2.45, 2.75) is 123 Å². The molecule has 0 radical (unpaired) electrons. The minimum atomic E-state index is 0.233. The van der Waals surface area contributed by atoms with Gasteiger partial charge in [0.05, 0.1) is 5.69 Å². The van der Waals surface area contributed by atoms with Gasteiger partial charge in [-0.3, -0.25) is 15.0 Å². The Labute approximate surface area is 257 Å². The molecule has 1 atom stereocenters. The van der Waals surface area contributed by atoms with Gasteiger partial charge in [-0.2, -0.15) is 0 Å². The molecule has 2 aliphatic rings. The second-order valence-electron chi connectivity index (χ2n) is 12.6. The van der Waals surface area contributed by atoms with Crippen molar-refractivity contribution < 1.29 is 0 Å². The van der Waals surface area contributed by atoms with E-state index in [4.69, 9.17) is 0 Å². The maximum absolute atomic E-state index is 4.45. The van der Waals surface area contributed by atoms with Gasteiger partial charge in [-0.25, -0.2) is 0 Å². The lowest BCUT2D eigenvalue weighted by Gasteiger charge is -2.23. The van der Waals surface area contributed by atoms with Gasteiger partial charge in [-0.1, -0.05) is 103 Å². The molecule has 0 amide bonds. The zero-order valence-corrected chi connectivity index (χ0v) is 27.1. The molecule has 3 aromatic rings. The van der Waals surface area contributed by atoms with Crippen LogP contribution in [0.4, 0.5) is 0 Å². The highest BCUT2D eigenvalue weighted by molar-refractivity contribution is 5.79. The number of hydrogen-bond donors (Lipinski definition) is 0. The molecule has 1 saturated carbocycles. The van der Waals surface area contributed by atoms with Gasteiger partial charge in [0.2, 0.25) is 0 Å². The molecule has 1 unspecified atom stereocenters. The maximum Gasteiger partial charge on any atom is 0.0701 e. The van der Waals surface area contributed by atoms with E-state index in [1.807, 2.05) is 36.8 Å². The first-order valence-corrected chi connectivity index (χ1v) is 16.6. The Morgan fingerprint density at radius 3 is 1.98 bits per heavy atom. The molecule has 42 heavy (non-hydrogen) atoms. The quantitative estimate of drug-likeness (QED) is 0.205. The van der Waals surface area contributed by atoms with Crippen LogP contribution >= 0.6 is 0 Å². The summed E-state index contributed by atoms with van der Waals surface area (Å²) in [6.45, 7) is 11.3. The number of rotatable bonds is 12. The molecule has 2 aliphatic carbocycles. The fourth-order valence-corrected chi connectivity index (χ4v) is 5.47. The van der Waals surface area contributed by atoms with Crippen molar-refractivity contribution in [3.63, 3.8) is 0 Å². The van der Waals surface area contributed by atoms with Gasteiger partial charge in [0.15, 0.2) is 0 Å². The topological polar surface area (TPSA) is 38.7 Å². The molecule has 3 heterocycles. The summed E-state index contributed by atoms with van der Waals surface area (Å²) < 4.78 is 0. The van der Waals surface area contributed by atoms with Crippen LogP contribution in [0.15, 0.2) is 90.9 Å². The number of aromatic nitrogens is 3. The summed E-state index contributed by atoms with van der Waals surface area (Å²) in [5, 5.41) is 0. The van der Waals surface area contributed by atoms with Gasteiger partial charge in [0.1, 0.15) is 0 Å². The van der Waals surface area contributed by atoms with Crippen LogP contribution in [-0.4, -0.2) is 15.0 Å². The van der Waals surface area contributed by atoms with Crippen LogP contribution in [0.2, 0.25) is 0 Å². The van der Waals surface area contributed by atoms with E-state index in [9.17, 15) is 0 Å². The minimum absolute atomic E-state index is 0.233. The minimum Gasteiger partial charge on any atom is -0.261 e. The first-order chi connectivity index (χ1) is 20.5. The van der Waals surface area contributed by atoms with Crippen LogP contribution in [0.3, 0.4) is 0 Å². The van der Waals surface area contributed by atoms with Crippen LogP contribution in [-0.2, 0) is 5.41 Å². The van der Waals surface area contributed by atoms with E-state index in [0.29, 0.717) is 5.92 Å². The second-order valence-corrected chi connectivity index (χ2v) is 12.6. The van der Waals surface area contributed by atoms with Crippen LogP contribution in [0, 0.1) is 5.92 Å². The summed E-state index contributed by atoms with van der Waals surface area (Å²) in [5.41, 5.74) is 6.78. The third-order valence-corrected chi connectivity index (χ3v) is 8.35. The number of pyridine rings is 3. The van der Waals surface area contributed by atoms with Crippen LogP contribution in [0.1, 0.15) is 135 Å². The summed E-state index contributed by atoms with van der Waals surface area (Å²) in [6.07, 6.45) is 25.9. The highest BCUT2D eigenvalue weighted by Gasteiger charge is 2.29. The van der Waals surface area contributed by atoms with Crippen LogP contribution in [0.25, 0.3) is 5.57 Å². The highest BCUT2D eigenvalue weighted by Crippen LogP contribution is 2.44. The first-order valence-electron chi connectivity index (χ1n) is 16.6. The van der Waals surface area contributed by atoms with Crippen LogP contribution in [0.5, 0.6) is 0 Å². The van der Waals surface area contributed by atoms with Gasteiger partial charge in [0, 0.05) is 35.4 Å². The fraction of sp³-hybridized carbons (Fsp3) is 0.513. The Morgan fingerprint density at radius 1 is 0.738 bits per heavy atom. The Bertz CT molecular complexity index is 1180. The molecule has 226 valence electrons. The maximum atomic E-state index is 4.45. The van der Waals surface area contributed by atoms with E-state index in [1.165, 1.54) is 94.0 Å². The van der Waals surface area contributed by atoms with Gasteiger partial charge >= 0.3 is 0 Å². The summed E-state index contributed by atoms with van der Waals surface area (Å²) in [5.74, 6) is 1.45. The molecule has 3 heteroatoms. The third-order valence-electron chi connectivity index (χ3n) is 8.35. The second kappa shape index (κ2) is 18.5. The monoisotopic (exact) mass is 565 g/mol. The first kappa shape index (κ1) is 33.4. The molecule has 0 N–H and O–H groups in total. The lowest BCUT2D eigenvalue weighted by Crippen LogP contribution is -2.18. The molecule has 0 saturated heterocycles. The van der Waals surface area contributed by atoms with Crippen molar-refractivity contribution in [3.8, 4) is 0 Å².